The summed E-state index contributed by atoms with van der Waals surface area (Å²) < 4.78 is 18.5. The standard InChI is InChI=1S/C26H26FN7O2/c1-18(27)12-26(35)31-21-5-7-29-23(14-21)24-13-20-15-28-6-4-19(20)17-34(24)32-22-2-3-25(30-16-22)33-8-10-36-11-9-33/h2-3,5-7,12-17,32H,4,8-11H2,1H3,(H,29,31,35)/b18-12+. The van der Waals surface area contributed by atoms with Crippen molar-refractivity contribution in [2.45, 2.75) is 13.3 Å². The lowest BCUT2D eigenvalue weighted by Crippen LogP contribution is -2.36. The van der Waals surface area contributed by atoms with Crippen molar-refractivity contribution in [3.05, 3.63) is 83.9 Å². The van der Waals surface area contributed by atoms with Gasteiger partial charge >= 0.3 is 0 Å². The van der Waals surface area contributed by atoms with Gasteiger partial charge in [0, 0.05) is 61.7 Å². The number of halogens is 1. The second-order valence-electron chi connectivity index (χ2n) is 8.44. The molecule has 0 saturated carbocycles. The number of hydrazine groups is 1. The molecule has 9 nitrogen and oxygen atoms in total. The van der Waals surface area contributed by atoms with Crippen LogP contribution in [0.15, 0.2) is 83.2 Å². The van der Waals surface area contributed by atoms with Gasteiger partial charge in [-0.2, -0.15) is 0 Å². The molecule has 0 radical (unpaired) electrons. The number of aromatic nitrogens is 2. The van der Waals surface area contributed by atoms with E-state index >= 15 is 0 Å². The average Bonchev–Trinajstić information content (AvgIpc) is 2.89. The van der Waals surface area contributed by atoms with E-state index in [4.69, 9.17) is 4.74 Å². The number of nitrogens with zero attached hydrogens (tertiary/aromatic N) is 5. The van der Waals surface area contributed by atoms with E-state index < -0.39 is 11.7 Å². The summed E-state index contributed by atoms with van der Waals surface area (Å²) in [6.07, 6.45) is 12.7. The third kappa shape index (κ3) is 5.49. The minimum atomic E-state index is -0.567. The van der Waals surface area contributed by atoms with Crippen LogP contribution in [-0.4, -0.2) is 53.4 Å². The number of rotatable bonds is 6. The lowest BCUT2D eigenvalue weighted by atomic mass is 9.98. The molecule has 5 heterocycles. The number of carbonyl (C=O) groups is 1. The summed E-state index contributed by atoms with van der Waals surface area (Å²) in [5, 5.41) is 4.56. The molecule has 3 aliphatic heterocycles. The van der Waals surface area contributed by atoms with E-state index in [9.17, 15) is 9.18 Å². The van der Waals surface area contributed by atoms with Crippen LogP contribution in [0.25, 0.3) is 5.70 Å². The number of carbonyl (C=O) groups excluding carboxylic acids is 1. The number of fused-ring (bicyclic) bond motifs is 1. The Morgan fingerprint density at radius 2 is 2.03 bits per heavy atom. The van der Waals surface area contributed by atoms with Gasteiger partial charge in [0.05, 0.1) is 36.5 Å². The zero-order chi connectivity index (χ0) is 24.9. The van der Waals surface area contributed by atoms with Crippen molar-refractivity contribution in [3.8, 4) is 0 Å². The van der Waals surface area contributed by atoms with Crippen molar-refractivity contribution in [1.82, 2.24) is 15.0 Å². The van der Waals surface area contributed by atoms with Crippen molar-refractivity contribution < 1.29 is 13.9 Å². The molecule has 3 aliphatic rings. The van der Waals surface area contributed by atoms with Gasteiger partial charge in [-0.05, 0) is 42.8 Å². The Kier molecular flexibility index (Phi) is 6.85. The van der Waals surface area contributed by atoms with Gasteiger partial charge in [0.2, 0.25) is 0 Å². The van der Waals surface area contributed by atoms with E-state index in [-0.39, 0.29) is 0 Å². The minimum absolute atomic E-state index is 0.505. The first kappa shape index (κ1) is 23.4. The first-order valence-corrected chi connectivity index (χ1v) is 11.7. The van der Waals surface area contributed by atoms with Crippen LogP contribution in [0.2, 0.25) is 0 Å². The van der Waals surface area contributed by atoms with Crippen LogP contribution >= 0.6 is 0 Å². The van der Waals surface area contributed by atoms with Crippen LogP contribution in [0.5, 0.6) is 0 Å². The molecule has 0 atom stereocenters. The highest BCUT2D eigenvalue weighted by Crippen LogP contribution is 2.33. The normalized spacial score (nSPS) is 17.6. The van der Waals surface area contributed by atoms with Gasteiger partial charge in [0.1, 0.15) is 11.6 Å². The SMILES string of the molecule is C/C(F)=C\C(=O)Nc1ccnc(C2=CC3=CN=CCC3=CN2Nc2ccc(N3CCOCC3)nc2)c1. The second-order valence-corrected chi connectivity index (χ2v) is 8.44. The summed E-state index contributed by atoms with van der Waals surface area (Å²) in [6, 6.07) is 7.37. The van der Waals surface area contributed by atoms with Gasteiger partial charge in [-0.25, -0.2) is 9.37 Å². The van der Waals surface area contributed by atoms with Crippen molar-refractivity contribution in [1.29, 1.82) is 0 Å². The van der Waals surface area contributed by atoms with Gasteiger partial charge in [0.25, 0.3) is 5.91 Å². The highest BCUT2D eigenvalue weighted by atomic mass is 19.1. The first-order chi connectivity index (χ1) is 17.5. The Bertz CT molecular complexity index is 1290. The number of aliphatic imine (C=N–C) groups is 1. The zero-order valence-electron chi connectivity index (χ0n) is 19.8. The van der Waals surface area contributed by atoms with Crippen molar-refractivity contribution in [3.63, 3.8) is 0 Å². The van der Waals surface area contributed by atoms with Crippen LogP contribution in [-0.2, 0) is 9.53 Å². The molecule has 0 aromatic carbocycles. The fourth-order valence-corrected chi connectivity index (χ4v) is 4.05. The molecule has 2 N–H and O–H groups in total. The molecule has 1 saturated heterocycles. The minimum Gasteiger partial charge on any atom is -0.378 e. The number of morpholine rings is 1. The van der Waals surface area contributed by atoms with Crippen LogP contribution in [0, 0.1) is 0 Å². The molecule has 10 heteroatoms. The molecule has 0 bridgehead atoms. The van der Waals surface area contributed by atoms with Gasteiger partial charge in [-0.3, -0.25) is 25.2 Å². The quantitative estimate of drug-likeness (QED) is 0.594. The number of hydrogen-bond acceptors (Lipinski definition) is 8. The van der Waals surface area contributed by atoms with E-state index in [1.165, 1.54) is 6.92 Å². The summed E-state index contributed by atoms with van der Waals surface area (Å²) in [4.78, 5) is 27.6. The third-order valence-electron chi connectivity index (χ3n) is 5.79. The average molecular weight is 488 g/mol. The Morgan fingerprint density at radius 3 is 2.81 bits per heavy atom. The topological polar surface area (TPSA) is 95.0 Å². The van der Waals surface area contributed by atoms with Crippen molar-refractivity contribution in [2.75, 3.05) is 41.9 Å². The Hall–Kier alpha value is -4.31. The van der Waals surface area contributed by atoms with Gasteiger partial charge in [0.15, 0.2) is 0 Å². The van der Waals surface area contributed by atoms with Crippen molar-refractivity contribution >= 4 is 35.0 Å². The van der Waals surface area contributed by atoms with Crippen LogP contribution in [0.1, 0.15) is 19.0 Å². The fourth-order valence-electron chi connectivity index (χ4n) is 4.05. The monoisotopic (exact) mass is 487 g/mol. The number of hydrogen-bond donors (Lipinski definition) is 2. The molecular formula is C26H26FN7O2. The molecule has 2 aromatic heterocycles. The van der Waals surface area contributed by atoms with Gasteiger partial charge in [-0.15, -0.1) is 0 Å². The fraction of sp³-hybridized carbons (Fsp3) is 0.231. The number of ether oxygens (including phenoxy) is 1. The van der Waals surface area contributed by atoms with Gasteiger partial charge < -0.3 is 15.0 Å². The van der Waals surface area contributed by atoms with E-state index in [2.05, 4.69) is 30.6 Å². The third-order valence-corrected chi connectivity index (χ3v) is 5.79. The lowest BCUT2D eigenvalue weighted by Gasteiger charge is -2.31. The van der Waals surface area contributed by atoms with E-state index in [1.807, 2.05) is 41.8 Å². The van der Waals surface area contributed by atoms with Crippen LogP contribution in [0.3, 0.4) is 0 Å². The van der Waals surface area contributed by atoms with Crippen LogP contribution in [0.4, 0.5) is 21.6 Å². The lowest BCUT2D eigenvalue weighted by molar-refractivity contribution is -0.112. The maximum atomic E-state index is 13.1. The molecule has 1 amide bonds. The number of nitrogens with one attached hydrogen (secondary N) is 2. The molecule has 0 spiro atoms. The second kappa shape index (κ2) is 10.5. The molecule has 184 valence electrons. The zero-order valence-corrected chi connectivity index (χ0v) is 19.8. The number of amides is 1. The molecule has 1 fully saturated rings. The Labute approximate surface area is 208 Å². The smallest absolute Gasteiger partial charge is 0.250 e. The molecule has 0 unspecified atom stereocenters. The summed E-state index contributed by atoms with van der Waals surface area (Å²) in [5.41, 5.74) is 8.18. The predicted molar refractivity (Wildman–Crippen MR) is 138 cm³/mol. The van der Waals surface area contributed by atoms with E-state index in [0.29, 0.717) is 31.0 Å². The summed E-state index contributed by atoms with van der Waals surface area (Å²) in [5.74, 6) is -0.200. The van der Waals surface area contributed by atoms with Gasteiger partial charge in [-0.1, -0.05) is 0 Å². The number of allylic oxidation sites excluding steroid dienone is 4. The Morgan fingerprint density at radius 1 is 1.17 bits per heavy atom. The largest absolute Gasteiger partial charge is 0.378 e. The maximum absolute atomic E-state index is 13.1. The summed E-state index contributed by atoms with van der Waals surface area (Å²) >= 11 is 0. The summed E-state index contributed by atoms with van der Waals surface area (Å²) in [7, 11) is 0. The highest BCUT2D eigenvalue weighted by Gasteiger charge is 2.22. The predicted octanol–water partition coefficient (Wildman–Crippen LogP) is 4.05. The highest BCUT2D eigenvalue weighted by molar-refractivity contribution is 5.99. The number of anilines is 3. The molecular weight excluding hydrogens is 461 g/mol. The Balaban J connectivity index is 1.40. The maximum Gasteiger partial charge on any atom is 0.250 e. The summed E-state index contributed by atoms with van der Waals surface area (Å²) in [6.45, 7) is 4.27. The van der Waals surface area contributed by atoms with E-state index in [0.717, 1.165) is 47.5 Å². The van der Waals surface area contributed by atoms with Crippen LogP contribution < -0.4 is 15.6 Å². The molecule has 5 rings (SSSR count). The van der Waals surface area contributed by atoms with Crippen molar-refractivity contribution in [2.24, 2.45) is 4.99 Å². The molecule has 36 heavy (non-hydrogen) atoms. The first-order valence-electron chi connectivity index (χ1n) is 11.7. The molecule has 0 aliphatic carbocycles. The molecule has 2 aromatic rings. The number of pyridine rings is 2. The van der Waals surface area contributed by atoms with E-state index in [1.54, 1.807) is 24.5 Å².